The lowest BCUT2D eigenvalue weighted by atomic mass is 9.89. The Morgan fingerprint density at radius 3 is 2.93 bits per heavy atom. The molecule has 2 aromatic heterocycles. The molecule has 2 saturated heterocycles. The molecular formula is C21H20FN3O2. The number of halogens is 1. The second-order valence-corrected chi connectivity index (χ2v) is 7.47. The van der Waals surface area contributed by atoms with Crippen molar-refractivity contribution in [2.24, 2.45) is 11.8 Å². The second-order valence-electron chi connectivity index (χ2n) is 7.47. The molecule has 1 amide bonds. The number of fused-ring (bicyclic) bond motifs is 2. The van der Waals surface area contributed by atoms with Crippen LogP contribution in [0.15, 0.2) is 53.3 Å². The lowest BCUT2D eigenvalue weighted by Crippen LogP contribution is -2.34. The van der Waals surface area contributed by atoms with Crippen molar-refractivity contribution in [3.8, 4) is 0 Å². The van der Waals surface area contributed by atoms with Crippen LogP contribution in [0.4, 0.5) is 10.2 Å². The molecule has 3 atom stereocenters. The first-order chi connectivity index (χ1) is 13.1. The predicted molar refractivity (Wildman–Crippen MR) is 99.7 cm³/mol. The van der Waals surface area contributed by atoms with Crippen molar-refractivity contribution in [1.29, 1.82) is 0 Å². The van der Waals surface area contributed by atoms with Crippen molar-refractivity contribution in [3.63, 3.8) is 0 Å². The minimum atomic E-state index is -0.265. The standard InChI is InChI=1S/C21H20FN3O2/c1-13(26)25-11-15-10-24(21-17-6-8-27-19(17)5-7-23-21)12-18(15)20(25)14-3-2-4-16(22)9-14/h2-9,15,18,20H,10-12H2,1H3/t15-,18-,20+/m1/s1. The summed E-state index contributed by atoms with van der Waals surface area (Å²) in [7, 11) is 0. The summed E-state index contributed by atoms with van der Waals surface area (Å²) in [6.45, 7) is 3.91. The molecule has 0 unspecified atom stereocenters. The fourth-order valence-electron chi connectivity index (χ4n) is 4.79. The summed E-state index contributed by atoms with van der Waals surface area (Å²) in [6.07, 6.45) is 3.45. The van der Waals surface area contributed by atoms with Gasteiger partial charge in [0.05, 0.1) is 17.7 Å². The molecule has 0 radical (unpaired) electrons. The van der Waals surface area contributed by atoms with Gasteiger partial charge in [-0.1, -0.05) is 12.1 Å². The van der Waals surface area contributed by atoms with Crippen LogP contribution < -0.4 is 4.90 Å². The number of likely N-dealkylation sites (tertiary alicyclic amines) is 1. The summed E-state index contributed by atoms with van der Waals surface area (Å²) in [5.74, 6) is 1.29. The van der Waals surface area contributed by atoms with Gasteiger partial charge in [-0.05, 0) is 29.8 Å². The molecule has 138 valence electrons. The molecule has 0 bridgehead atoms. The predicted octanol–water partition coefficient (Wildman–Crippen LogP) is 3.62. The maximum absolute atomic E-state index is 13.8. The van der Waals surface area contributed by atoms with Crippen LogP contribution in [-0.2, 0) is 4.79 Å². The van der Waals surface area contributed by atoms with Gasteiger partial charge >= 0.3 is 0 Å². The fraction of sp³-hybridized carbons (Fsp3) is 0.333. The monoisotopic (exact) mass is 365 g/mol. The molecule has 3 aromatic rings. The van der Waals surface area contributed by atoms with E-state index in [9.17, 15) is 9.18 Å². The zero-order valence-electron chi connectivity index (χ0n) is 15.0. The van der Waals surface area contributed by atoms with Crippen molar-refractivity contribution in [1.82, 2.24) is 9.88 Å². The molecule has 2 aliphatic rings. The van der Waals surface area contributed by atoms with E-state index in [1.807, 2.05) is 23.1 Å². The number of benzene rings is 1. The maximum atomic E-state index is 13.8. The van der Waals surface area contributed by atoms with E-state index in [4.69, 9.17) is 4.42 Å². The van der Waals surface area contributed by atoms with E-state index in [0.29, 0.717) is 12.5 Å². The average Bonchev–Trinajstić information content (AvgIpc) is 3.34. The molecular weight excluding hydrogens is 345 g/mol. The lowest BCUT2D eigenvalue weighted by molar-refractivity contribution is -0.130. The number of hydrogen-bond donors (Lipinski definition) is 0. The Morgan fingerprint density at radius 1 is 1.22 bits per heavy atom. The second kappa shape index (κ2) is 6.08. The number of amides is 1. The summed E-state index contributed by atoms with van der Waals surface area (Å²) in [4.78, 5) is 21.0. The molecule has 0 N–H and O–H groups in total. The van der Waals surface area contributed by atoms with Crippen LogP contribution in [0, 0.1) is 17.7 Å². The number of pyridine rings is 1. The minimum absolute atomic E-state index is 0.0419. The molecule has 6 heteroatoms. The zero-order chi connectivity index (χ0) is 18.5. The van der Waals surface area contributed by atoms with Crippen LogP contribution in [0.2, 0.25) is 0 Å². The molecule has 2 fully saturated rings. The Hall–Kier alpha value is -2.89. The number of nitrogens with zero attached hydrogens (tertiary/aromatic N) is 3. The van der Waals surface area contributed by atoms with E-state index < -0.39 is 0 Å². The van der Waals surface area contributed by atoms with Crippen LogP contribution in [0.1, 0.15) is 18.5 Å². The third-order valence-electron chi connectivity index (χ3n) is 5.92. The van der Waals surface area contributed by atoms with Gasteiger partial charge < -0.3 is 14.2 Å². The third-order valence-corrected chi connectivity index (χ3v) is 5.92. The lowest BCUT2D eigenvalue weighted by Gasteiger charge is -2.29. The number of carbonyl (C=O) groups is 1. The number of hydrogen-bond acceptors (Lipinski definition) is 4. The van der Waals surface area contributed by atoms with E-state index in [-0.39, 0.29) is 23.7 Å². The molecule has 5 rings (SSSR count). The summed E-state index contributed by atoms with van der Waals surface area (Å²) >= 11 is 0. The molecule has 1 aromatic carbocycles. The smallest absolute Gasteiger partial charge is 0.219 e. The Labute approximate surface area is 156 Å². The van der Waals surface area contributed by atoms with E-state index in [1.54, 1.807) is 31.5 Å². The molecule has 0 saturated carbocycles. The van der Waals surface area contributed by atoms with Crippen LogP contribution in [0.3, 0.4) is 0 Å². The molecule has 4 heterocycles. The van der Waals surface area contributed by atoms with Gasteiger partial charge in [0, 0.05) is 44.6 Å². The number of aromatic nitrogens is 1. The van der Waals surface area contributed by atoms with E-state index >= 15 is 0 Å². The fourth-order valence-corrected chi connectivity index (χ4v) is 4.79. The highest BCUT2D eigenvalue weighted by atomic mass is 19.1. The van der Waals surface area contributed by atoms with Gasteiger partial charge in [0.15, 0.2) is 0 Å². The SMILES string of the molecule is CC(=O)N1C[C@H]2CN(c3nccc4occc34)C[C@H]2[C@@H]1c1cccc(F)c1. The molecule has 5 nitrogen and oxygen atoms in total. The van der Waals surface area contributed by atoms with Gasteiger partial charge in [-0.15, -0.1) is 0 Å². The maximum Gasteiger partial charge on any atom is 0.219 e. The first kappa shape index (κ1) is 16.3. The van der Waals surface area contributed by atoms with Crippen molar-refractivity contribution >= 4 is 22.7 Å². The normalized spacial score (nSPS) is 24.6. The average molecular weight is 365 g/mol. The van der Waals surface area contributed by atoms with Gasteiger partial charge in [-0.25, -0.2) is 9.37 Å². The first-order valence-electron chi connectivity index (χ1n) is 9.21. The number of anilines is 1. The highest BCUT2D eigenvalue weighted by Crippen LogP contribution is 2.46. The quantitative estimate of drug-likeness (QED) is 0.696. The Morgan fingerprint density at radius 2 is 2.11 bits per heavy atom. The summed E-state index contributed by atoms with van der Waals surface area (Å²) in [5.41, 5.74) is 1.69. The van der Waals surface area contributed by atoms with Crippen LogP contribution in [0.5, 0.6) is 0 Å². The molecule has 2 aliphatic heterocycles. The summed E-state index contributed by atoms with van der Waals surface area (Å²) in [5, 5.41) is 1.00. The number of furan rings is 1. The van der Waals surface area contributed by atoms with Gasteiger partial charge in [0.25, 0.3) is 0 Å². The Bertz CT molecular complexity index is 1020. The van der Waals surface area contributed by atoms with Gasteiger partial charge in [0.2, 0.25) is 5.91 Å². The van der Waals surface area contributed by atoms with Crippen molar-refractivity contribution in [2.45, 2.75) is 13.0 Å². The van der Waals surface area contributed by atoms with Crippen molar-refractivity contribution < 1.29 is 13.6 Å². The van der Waals surface area contributed by atoms with Crippen LogP contribution in [0.25, 0.3) is 11.0 Å². The van der Waals surface area contributed by atoms with Crippen LogP contribution >= 0.6 is 0 Å². The minimum Gasteiger partial charge on any atom is -0.464 e. The van der Waals surface area contributed by atoms with Gasteiger partial charge in [-0.3, -0.25) is 4.79 Å². The molecule has 0 spiro atoms. The van der Waals surface area contributed by atoms with E-state index in [1.165, 1.54) is 6.07 Å². The largest absolute Gasteiger partial charge is 0.464 e. The van der Waals surface area contributed by atoms with Gasteiger partial charge in [-0.2, -0.15) is 0 Å². The number of carbonyl (C=O) groups excluding carboxylic acids is 1. The van der Waals surface area contributed by atoms with E-state index in [2.05, 4.69) is 9.88 Å². The van der Waals surface area contributed by atoms with Crippen molar-refractivity contribution in [2.75, 3.05) is 24.5 Å². The molecule has 27 heavy (non-hydrogen) atoms. The van der Waals surface area contributed by atoms with E-state index in [0.717, 1.165) is 35.4 Å². The summed E-state index contributed by atoms with van der Waals surface area (Å²) < 4.78 is 19.3. The first-order valence-corrected chi connectivity index (χ1v) is 9.21. The van der Waals surface area contributed by atoms with Crippen molar-refractivity contribution in [3.05, 3.63) is 60.2 Å². The molecule has 0 aliphatic carbocycles. The highest BCUT2D eigenvalue weighted by molar-refractivity contribution is 5.88. The van der Waals surface area contributed by atoms with Gasteiger partial charge in [0.1, 0.15) is 17.2 Å². The number of rotatable bonds is 2. The zero-order valence-corrected chi connectivity index (χ0v) is 15.0. The summed E-state index contributed by atoms with van der Waals surface area (Å²) in [6, 6.07) is 10.3. The van der Waals surface area contributed by atoms with Crippen LogP contribution in [-0.4, -0.2) is 35.4 Å². The third kappa shape index (κ3) is 2.59. The Kier molecular flexibility index (Phi) is 3.67. The highest BCUT2D eigenvalue weighted by Gasteiger charge is 2.49. The Balaban J connectivity index is 1.50. The topological polar surface area (TPSA) is 49.6 Å².